The summed E-state index contributed by atoms with van der Waals surface area (Å²) in [7, 11) is 1.59. The molecule has 0 bridgehead atoms. The molecule has 0 saturated carbocycles. The summed E-state index contributed by atoms with van der Waals surface area (Å²) < 4.78 is 5.21. The van der Waals surface area contributed by atoms with Crippen LogP contribution in [0.2, 0.25) is 5.02 Å². The smallest absolute Gasteiger partial charge is 0.315 e. The first-order valence-electron chi connectivity index (χ1n) is 7.98. The fourth-order valence-corrected chi connectivity index (χ4v) is 3.25. The summed E-state index contributed by atoms with van der Waals surface area (Å²) in [5.41, 5.74) is 3.34. The van der Waals surface area contributed by atoms with Crippen LogP contribution in [-0.2, 0) is 12.8 Å². The molecule has 5 nitrogen and oxygen atoms in total. The van der Waals surface area contributed by atoms with Gasteiger partial charge in [-0.1, -0.05) is 23.7 Å². The molecule has 6 heteroatoms. The van der Waals surface area contributed by atoms with E-state index >= 15 is 0 Å². The Morgan fingerprint density at radius 2 is 2.29 bits per heavy atom. The molecular weight excluding hydrogens is 326 g/mol. The summed E-state index contributed by atoms with van der Waals surface area (Å²) in [4.78, 5) is 16.3. The zero-order valence-corrected chi connectivity index (χ0v) is 14.3. The molecule has 24 heavy (non-hydrogen) atoms. The highest BCUT2D eigenvalue weighted by molar-refractivity contribution is 6.30. The molecule has 1 atom stereocenters. The van der Waals surface area contributed by atoms with E-state index in [4.69, 9.17) is 16.3 Å². The molecular formula is C18H20ClN3O2. The number of nitrogens with one attached hydrogen (secondary N) is 2. The quantitative estimate of drug-likeness (QED) is 0.874. The van der Waals surface area contributed by atoms with Crippen LogP contribution in [0, 0.1) is 0 Å². The zero-order valence-electron chi connectivity index (χ0n) is 13.5. The Balaban J connectivity index is 1.51. The summed E-state index contributed by atoms with van der Waals surface area (Å²) >= 11 is 6.01. The zero-order chi connectivity index (χ0) is 16.9. The number of rotatable bonds is 5. The van der Waals surface area contributed by atoms with E-state index < -0.39 is 0 Å². The number of aromatic nitrogens is 1. The molecule has 0 unspecified atom stereocenters. The highest BCUT2D eigenvalue weighted by Gasteiger charge is 2.23. The molecule has 126 valence electrons. The predicted molar refractivity (Wildman–Crippen MR) is 93.5 cm³/mol. The van der Waals surface area contributed by atoms with Gasteiger partial charge < -0.3 is 15.4 Å². The van der Waals surface area contributed by atoms with Gasteiger partial charge in [-0.3, -0.25) is 0 Å². The van der Waals surface area contributed by atoms with Gasteiger partial charge in [0, 0.05) is 23.3 Å². The number of carbonyl (C=O) groups excluding carboxylic acids is 1. The first-order valence-corrected chi connectivity index (χ1v) is 8.35. The molecule has 1 aliphatic carbocycles. The number of fused-ring (bicyclic) bond motifs is 1. The van der Waals surface area contributed by atoms with Crippen LogP contribution >= 0.6 is 11.6 Å². The Morgan fingerprint density at radius 3 is 3.12 bits per heavy atom. The minimum Gasteiger partial charge on any atom is -0.481 e. The molecule has 1 aromatic heterocycles. The lowest BCUT2D eigenvalue weighted by molar-refractivity contribution is 0.237. The van der Waals surface area contributed by atoms with Crippen molar-refractivity contribution in [2.75, 3.05) is 13.7 Å². The van der Waals surface area contributed by atoms with Gasteiger partial charge in [-0.25, -0.2) is 9.78 Å². The van der Waals surface area contributed by atoms with Crippen molar-refractivity contribution in [1.29, 1.82) is 0 Å². The van der Waals surface area contributed by atoms with Gasteiger partial charge in [-0.05, 0) is 48.6 Å². The molecule has 2 amide bonds. The van der Waals surface area contributed by atoms with E-state index in [9.17, 15) is 4.79 Å². The summed E-state index contributed by atoms with van der Waals surface area (Å²) in [5.74, 6) is 0.598. The first kappa shape index (κ1) is 16.6. The minimum atomic E-state index is -0.161. The van der Waals surface area contributed by atoms with Gasteiger partial charge in [0.1, 0.15) is 0 Å². The summed E-state index contributed by atoms with van der Waals surface area (Å²) in [6.45, 7) is 0.522. The number of carbonyl (C=O) groups is 1. The molecule has 1 heterocycles. The number of methoxy groups -OCH3 is 1. The molecule has 3 rings (SSSR count). The van der Waals surface area contributed by atoms with Crippen molar-refractivity contribution >= 4 is 17.6 Å². The van der Waals surface area contributed by atoms with Crippen molar-refractivity contribution in [3.05, 3.63) is 58.2 Å². The second kappa shape index (κ2) is 7.53. The van der Waals surface area contributed by atoms with Gasteiger partial charge in [0.05, 0.1) is 13.2 Å². The third-order valence-corrected chi connectivity index (χ3v) is 4.45. The summed E-state index contributed by atoms with van der Waals surface area (Å²) in [6, 6.07) is 9.53. The van der Waals surface area contributed by atoms with Gasteiger partial charge in [0.25, 0.3) is 0 Å². The fraction of sp³-hybridized carbons (Fsp3) is 0.333. The van der Waals surface area contributed by atoms with Crippen LogP contribution in [0.15, 0.2) is 36.5 Å². The Hall–Kier alpha value is -2.27. The van der Waals surface area contributed by atoms with Gasteiger partial charge >= 0.3 is 6.03 Å². The van der Waals surface area contributed by atoms with Crippen LogP contribution < -0.4 is 15.4 Å². The van der Waals surface area contributed by atoms with Crippen LogP contribution in [0.1, 0.15) is 29.2 Å². The summed E-state index contributed by atoms with van der Waals surface area (Å²) in [6.07, 6.45) is 4.20. The van der Waals surface area contributed by atoms with E-state index in [1.54, 1.807) is 13.3 Å². The van der Waals surface area contributed by atoms with Crippen LogP contribution in [0.25, 0.3) is 0 Å². The maximum absolute atomic E-state index is 12.1. The molecule has 2 aromatic rings. The Kier molecular flexibility index (Phi) is 5.20. The van der Waals surface area contributed by atoms with E-state index in [-0.39, 0.29) is 12.1 Å². The highest BCUT2D eigenvalue weighted by atomic mass is 35.5. The molecule has 0 radical (unpaired) electrons. The van der Waals surface area contributed by atoms with Crippen molar-refractivity contribution in [2.24, 2.45) is 0 Å². The van der Waals surface area contributed by atoms with Crippen LogP contribution in [-0.4, -0.2) is 24.7 Å². The third-order valence-electron chi connectivity index (χ3n) is 4.21. The molecule has 2 N–H and O–H groups in total. The topological polar surface area (TPSA) is 63.2 Å². The second-order valence-electron chi connectivity index (χ2n) is 5.76. The number of aryl methyl sites for hydroxylation is 1. The maximum atomic E-state index is 12.1. The number of ether oxygens (including phenoxy) is 1. The average molecular weight is 346 g/mol. The number of amides is 2. The number of pyridine rings is 1. The van der Waals surface area contributed by atoms with E-state index in [1.807, 2.05) is 30.3 Å². The van der Waals surface area contributed by atoms with E-state index in [1.165, 1.54) is 5.56 Å². The van der Waals surface area contributed by atoms with Gasteiger partial charge in [0.15, 0.2) is 0 Å². The Morgan fingerprint density at radius 1 is 1.42 bits per heavy atom. The molecule has 0 aliphatic heterocycles. The largest absolute Gasteiger partial charge is 0.481 e. The molecule has 1 aromatic carbocycles. The lowest BCUT2D eigenvalue weighted by Crippen LogP contribution is -2.38. The molecule has 0 fully saturated rings. The van der Waals surface area contributed by atoms with Crippen molar-refractivity contribution in [1.82, 2.24) is 15.6 Å². The maximum Gasteiger partial charge on any atom is 0.315 e. The van der Waals surface area contributed by atoms with E-state index in [0.29, 0.717) is 18.8 Å². The van der Waals surface area contributed by atoms with E-state index in [2.05, 4.69) is 15.6 Å². The lowest BCUT2D eigenvalue weighted by Gasteiger charge is -2.15. The second-order valence-corrected chi connectivity index (χ2v) is 6.19. The van der Waals surface area contributed by atoms with Crippen molar-refractivity contribution in [3.8, 4) is 5.88 Å². The SMILES string of the molecule is COc1ncccc1CCNC(=O)N[C@@H]1CCc2cc(Cl)ccc21. The monoisotopic (exact) mass is 345 g/mol. The first-order chi connectivity index (χ1) is 11.7. The minimum absolute atomic E-state index is 0.0465. The highest BCUT2D eigenvalue weighted by Crippen LogP contribution is 2.32. The Bertz CT molecular complexity index is 736. The van der Waals surface area contributed by atoms with Crippen LogP contribution in [0.4, 0.5) is 4.79 Å². The fourth-order valence-electron chi connectivity index (χ4n) is 3.05. The standard InChI is InChI=1S/C18H20ClN3O2/c1-24-17-12(3-2-9-20-17)8-10-21-18(23)22-16-7-4-13-11-14(19)5-6-15(13)16/h2-3,5-6,9,11,16H,4,7-8,10H2,1H3,(H2,21,22,23)/t16-/m1/s1. The average Bonchev–Trinajstić information content (AvgIpc) is 2.97. The number of hydrogen-bond acceptors (Lipinski definition) is 3. The number of benzene rings is 1. The van der Waals surface area contributed by atoms with Crippen molar-refractivity contribution in [2.45, 2.75) is 25.3 Å². The van der Waals surface area contributed by atoms with Crippen LogP contribution in [0.5, 0.6) is 5.88 Å². The van der Waals surface area contributed by atoms with E-state index in [0.717, 1.165) is 29.0 Å². The number of nitrogens with zero attached hydrogens (tertiary/aromatic N) is 1. The molecule has 0 spiro atoms. The lowest BCUT2D eigenvalue weighted by atomic mass is 10.1. The van der Waals surface area contributed by atoms with Crippen LogP contribution in [0.3, 0.4) is 0 Å². The number of urea groups is 1. The van der Waals surface area contributed by atoms with Crippen molar-refractivity contribution in [3.63, 3.8) is 0 Å². The predicted octanol–water partition coefficient (Wildman–Crippen LogP) is 3.27. The molecule has 1 aliphatic rings. The number of hydrogen-bond donors (Lipinski definition) is 2. The normalized spacial score (nSPS) is 15.7. The van der Waals surface area contributed by atoms with Gasteiger partial charge in [0.2, 0.25) is 5.88 Å². The van der Waals surface area contributed by atoms with Crippen molar-refractivity contribution < 1.29 is 9.53 Å². The third kappa shape index (κ3) is 3.79. The van der Waals surface area contributed by atoms with Gasteiger partial charge in [-0.15, -0.1) is 0 Å². The van der Waals surface area contributed by atoms with Gasteiger partial charge in [-0.2, -0.15) is 0 Å². The Labute approximate surface area is 146 Å². The molecule has 0 saturated heterocycles. The summed E-state index contributed by atoms with van der Waals surface area (Å²) in [5, 5.41) is 6.66. The number of halogens is 1.